The Morgan fingerprint density at radius 1 is 1.29 bits per heavy atom. The topological polar surface area (TPSA) is 96.2 Å². The minimum atomic E-state index is -0.953. The van der Waals surface area contributed by atoms with E-state index in [0.29, 0.717) is 50.5 Å². The number of nitrogens with zero attached hydrogens (tertiary/aromatic N) is 3. The molecule has 0 bridgehead atoms. The Morgan fingerprint density at radius 3 is 2.71 bits per heavy atom. The predicted molar refractivity (Wildman–Crippen MR) is 87.9 cm³/mol. The van der Waals surface area contributed by atoms with Gasteiger partial charge in [-0.3, -0.25) is 10.1 Å². The zero-order valence-corrected chi connectivity index (χ0v) is 13.8. The molecule has 2 heterocycles. The van der Waals surface area contributed by atoms with Crippen molar-refractivity contribution in [3.05, 3.63) is 27.8 Å². The number of rotatable bonds is 2. The van der Waals surface area contributed by atoms with Crippen LogP contribution in [-0.4, -0.2) is 52.8 Å². The van der Waals surface area contributed by atoms with Gasteiger partial charge in [-0.2, -0.15) is 0 Å². The minimum absolute atomic E-state index is 0.0545. The summed E-state index contributed by atoms with van der Waals surface area (Å²) in [5, 5.41) is 20.6. The Kier molecular flexibility index (Phi) is 3.98. The molecular weight excluding hydrogens is 314 g/mol. The lowest BCUT2D eigenvalue weighted by Crippen LogP contribution is -2.34. The van der Waals surface area contributed by atoms with Crippen molar-refractivity contribution in [2.45, 2.75) is 32.3 Å². The molecule has 0 radical (unpaired) electrons. The molecule has 1 amide bonds. The quantitative estimate of drug-likeness (QED) is 0.659. The fraction of sp³-hybridized carbons (Fsp3) is 0.562. The van der Waals surface area contributed by atoms with E-state index >= 15 is 0 Å². The summed E-state index contributed by atoms with van der Waals surface area (Å²) < 4.78 is 5.90. The largest absolute Gasteiger partial charge is 0.487 e. The average molecular weight is 335 g/mol. The van der Waals surface area contributed by atoms with Crippen molar-refractivity contribution in [3.63, 3.8) is 0 Å². The second-order valence-electron chi connectivity index (χ2n) is 6.85. The number of nitro groups is 1. The van der Waals surface area contributed by atoms with Gasteiger partial charge in [-0.05, 0) is 20.3 Å². The molecule has 0 saturated carbocycles. The van der Waals surface area contributed by atoms with Gasteiger partial charge in [0.2, 0.25) is 0 Å². The Bertz CT molecular complexity index is 689. The monoisotopic (exact) mass is 335 g/mol. The van der Waals surface area contributed by atoms with E-state index < -0.39 is 6.09 Å². The van der Waals surface area contributed by atoms with Crippen LogP contribution in [0.3, 0.4) is 0 Å². The number of fused-ring (bicyclic) bond motifs is 1. The summed E-state index contributed by atoms with van der Waals surface area (Å²) >= 11 is 0. The van der Waals surface area contributed by atoms with Crippen LogP contribution in [-0.2, 0) is 6.42 Å². The van der Waals surface area contributed by atoms with E-state index in [4.69, 9.17) is 9.84 Å². The van der Waals surface area contributed by atoms with E-state index in [2.05, 4.69) is 0 Å². The maximum Gasteiger partial charge on any atom is 0.407 e. The van der Waals surface area contributed by atoms with Gasteiger partial charge >= 0.3 is 6.09 Å². The molecule has 8 heteroatoms. The van der Waals surface area contributed by atoms with Crippen molar-refractivity contribution < 1.29 is 19.6 Å². The van der Waals surface area contributed by atoms with E-state index in [9.17, 15) is 14.9 Å². The van der Waals surface area contributed by atoms with Gasteiger partial charge in [-0.15, -0.1) is 0 Å². The highest BCUT2D eigenvalue weighted by atomic mass is 16.6. The molecule has 1 fully saturated rings. The van der Waals surface area contributed by atoms with Crippen LogP contribution in [0.4, 0.5) is 16.2 Å². The molecule has 0 aliphatic carbocycles. The van der Waals surface area contributed by atoms with Crippen LogP contribution in [0.15, 0.2) is 12.1 Å². The third kappa shape index (κ3) is 3.08. The summed E-state index contributed by atoms with van der Waals surface area (Å²) in [4.78, 5) is 25.5. The van der Waals surface area contributed by atoms with E-state index in [1.54, 1.807) is 12.1 Å². The van der Waals surface area contributed by atoms with Crippen LogP contribution in [0, 0.1) is 10.1 Å². The van der Waals surface area contributed by atoms with Crippen molar-refractivity contribution in [2.75, 3.05) is 31.1 Å². The molecular formula is C16H21N3O5. The van der Waals surface area contributed by atoms with Gasteiger partial charge in [-0.25, -0.2) is 4.79 Å². The van der Waals surface area contributed by atoms with Gasteiger partial charge in [0.1, 0.15) is 17.0 Å². The molecule has 0 atom stereocenters. The summed E-state index contributed by atoms with van der Waals surface area (Å²) in [6.07, 6.45) is 0.314. The van der Waals surface area contributed by atoms with E-state index in [0.717, 1.165) is 5.56 Å². The molecule has 1 aromatic carbocycles. The standard InChI is InChI=1S/C16H21N3O5/c1-16(2)10-11-8-13(19(22)23)12(9-14(11)24-16)17-4-3-5-18(7-6-17)15(20)21/h8-9H,3-7,10H2,1-2H3,(H,20,21). The zero-order chi connectivity index (χ0) is 17.5. The molecule has 130 valence electrons. The molecule has 1 N–H and O–H groups in total. The molecule has 1 aromatic rings. The lowest BCUT2D eigenvalue weighted by Gasteiger charge is -2.23. The molecule has 0 unspecified atom stereocenters. The smallest absolute Gasteiger partial charge is 0.407 e. The Morgan fingerprint density at radius 2 is 2.04 bits per heavy atom. The van der Waals surface area contributed by atoms with Gasteiger partial charge in [0.15, 0.2) is 0 Å². The Hall–Kier alpha value is -2.51. The molecule has 0 spiro atoms. The van der Waals surface area contributed by atoms with Crippen molar-refractivity contribution >= 4 is 17.5 Å². The lowest BCUT2D eigenvalue weighted by molar-refractivity contribution is -0.384. The fourth-order valence-corrected chi connectivity index (χ4v) is 3.38. The summed E-state index contributed by atoms with van der Waals surface area (Å²) in [6, 6.07) is 3.33. The summed E-state index contributed by atoms with van der Waals surface area (Å²) in [6.45, 7) is 5.68. The van der Waals surface area contributed by atoms with Crippen LogP contribution < -0.4 is 9.64 Å². The van der Waals surface area contributed by atoms with Gasteiger partial charge < -0.3 is 19.6 Å². The predicted octanol–water partition coefficient (Wildman–Crippen LogP) is 2.50. The number of benzene rings is 1. The van der Waals surface area contributed by atoms with Gasteiger partial charge in [-0.1, -0.05) is 0 Å². The highest BCUT2D eigenvalue weighted by Crippen LogP contribution is 2.42. The number of ether oxygens (including phenoxy) is 1. The Labute approximate surface area is 139 Å². The molecule has 24 heavy (non-hydrogen) atoms. The van der Waals surface area contributed by atoms with Gasteiger partial charge in [0.05, 0.1) is 4.92 Å². The van der Waals surface area contributed by atoms with E-state index in [1.807, 2.05) is 18.7 Å². The SMILES string of the molecule is CC1(C)Cc2cc([N+](=O)[O-])c(N3CCCN(C(=O)O)CC3)cc2O1. The number of amides is 1. The number of carboxylic acid groups (broad SMARTS) is 1. The lowest BCUT2D eigenvalue weighted by atomic mass is 10.0. The minimum Gasteiger partial charge on any atom is -0.487 e. The number of anilines is 1. The molecule has 8 nitrogen and oxygen atoms in total. The third-order valence-electron chi connectivity index (χ3n) is 4.46. The highest BCUT2D eigenvalue weighted by Gasteiger charge is 2.34. The van der Waals surface area contributed by atoms with Crippen molar-refractivity contribution in [1.29, 1.82) is 0 Å². The first kappa shape index (κ1) is 16.4. The first-order valence-electron chi connectivity index (χ1n) is 8.00. The number of hydrogen-bond acceptors (Lipinski definition) is 5. The first-order chi connectivity index (χ1) is 11.3. The van der Waals surface area contributed by atoms with Crippen LogP contribution in [0.2, 0.25) is 0 Å². The molecule has 2 aliphatic heterocycles. The molecule has 1 saturated heterocycles. The maximum atomic E-state index is 11.5. The number of nitro benzene ring substituents is 1. The second kappa shape index (κ2) is 5.85. The Balaban J connectivity index is 1.93. The first-order valence-corrected chi connectivity index (χ1v) is 8.00. The van der Waals surface area contributed by atoms with Gasteiger partial charge in [0, 0.05) is 50.3 Å². The summed E-state index contributed by atoms with van der Waals surface area (Å²) in [5.74, 6) is 0.680. The van der Waals surface area contributed by atoms with Crippen molar-refractivity contribution in [2.24, 2.45) is 0 Å². The van der Waals surface area contributed by atoms with Crippen molar-refractivity contribution in [3.8, 4) is 5.75 Å². The fourth-order valence-electron chi connectivity index (χ4n) is 3.38. The maximum absolute atomic E-state index is 11.5. The van der Waals surface area contributed by atoms with Crippen LogP contribution in [0.5, 0.6) is 5.75 Å². The third-order valence-corrected chi connectivity index (χ3v) is 4.46. The van der Waals surface area contributed by atoms with Gasteiger partial charge in [0.25, 0.3) is 5.69 Å². The molecule has 3 rings (SSSR count). The number of carbonyl (C=O) groups is 1. The van der Waals surface area contributed by atoms with E-state index in [-0.39, 0.29) is 16.2 Å². The highest BCUT2D eigenvalue weighted by molar-refractivity contribution is 5.69. The second-order valence-corrected chi connectivity index (χ2v) is 6.85. The van der Waals surface area contributed by atoms with Crippen molar-refractivity contribution in [1.82, 2.24) is 4.90 Å². The normalized spacial score (nSPS) is 19.4. The molecule has 0 aromatic heterocycles. The van der Waals surface area contributed by atoms with Crippen LogP contribution in [0.25, 0.3) is 0 Å². The zero-order valence-electron chi connectivity index (χ0n) is 13.8. The van der Waals surface area contributed by atoms with E-state index in [1.165, 1.54) is 4.90 Å². The summed E-state index contributed by atoms with van der Waals surface area (Å²) in [5.41, 5.74) is 1.04. The number of hydrogen-bond donors (Lipinski definition) is 1. The summed E-state index contributed by atoms with van der Waals surface area (Å²) in [7, 11) is 0. The van der Waals surface area contributed by atoms with Crippen LogP contribution in [0.1, 0.15) is 25.8 Å². The van der Waals surface area contributed by atoms with Crippen LogP contribution >= 0.6 is 0 Å². The molecule has 2 aliphatic rings. The average Bonchev–Trinajstić information content (AvgIpc) is 2.66.